The number of nitrogens with zero attached hydrogens (tertiary/aromatic N) is 11. The van der Waals surface area contributed by atoms with Crippen LogP contribution >= 0.6 is 0 Å². The van der Waals surface area contributed by atoms with Crippen LogP contribution in [0.4, 0.5) is 29.5 Å². The SMILES string of the molecule is O=C(CCCc1ccc2c(=O)[nH][nH]c2c1)Nc1nccnn1.O=C(CCNc1ccccn1)Cc1ccc2c(=O)[nH][nH]c2c1.O=C(CCNc1nccnn1)Cc1ccc2c(=O)[nH][nH]c2c1.O=c1[nH][nH]c2cc(CCCCNc3nccnn3)ccc12.O=c1[nH][nH]c2cc(CCCONc3cc(C4CC4)[nH]n3)ccc12. The van der Waals surface area contributed by atoms with Gasteiger partial charge in [-0.3, -0.25) is 105 Å². The molecule has 0 saturated heterocycles. The van der Waals surface area contributed by atoms with Gasteiger partial charge in [0.25, 0.3) is 27.8 Å². The Bertz CT molecular complexity index is 5640. The standard InChI is InChI=1S/C16H19N5O2.C16H16N4O2.2C14H14N6O2.C14H16N6O/c22-16-12-6-3-10(8-14(12)18-20-16)2-1-7-23-21-15-9-13(17-19-15)11-4-5-11;21-12(6-8-18-15-3-1-2-7-17-15)9-11-4-5-13-14(10-11)19-20-16(13)22;21-10(3-4-15-14-16-5-6-17-20-14)7-9-1-2-11-12(8-9)18-19-13(11)22;21-12(17-14-15-6-7-16-20-14)3-1-2-9-4-5-10-11(8-9)18-19-13(10)22;21-13-11-5-4-10(9-12(11)18-19-13)3-1-2-6-15-14-16-7-8-17-20-14/h3,6,8-9,11H,1-2,4-5,7H2,(H2,17,19,21)(H2,18,20,22);1-5,7,10H,6,8-9H2,(H,17,18)(H2,19,20,22);1-2,5-6,8H,3-4,7H2,(H,15,16,20)(H2,18,19,22);4-8H,1-3H2,(H2,18,19,22)(H,15,17,20,21);4-5,7-9H,1-3,6H2,(H,15,16,20)(H2,18,19,21). The zero-order valence-electron chi connectivity index (χ0n) is 59.4. The first-order valence-corrected chi connectivity index (χ1v) is 35.6. The maximum absolute atomic E-state index is 12.0. The van der Waals surface area contributed by atoms with Crippen LogP contribution in [-0.2, 0) is 51.3 Å². The predicted octanol–water partition coefficient (Wildman–Crippen LogP) is 7.43. The summed E-state index contributed by atoms with van der Waals surface area (Å²) in [4.78, 5) is 114. The molecule has 1 amide bonds. The average Bonchev–Trinajstić information content (AvgIpc) is 1.70. The first kappa shape index (κ1) is 75.5. The molecule has 15 aromatic rings. The van der Waals surface area contributed by atoms with Gasteiger partial charge in [-0.2, -0.15) is 20.4 Å². The van der Waals surface area contributed by atoms with Crippen molar-refractivity contribution in [2.75, 3.05) is 53.0 Å². The number of unbranched alkanes of at least 4 members (excludes halogenated alkanes) is 1. The third-order valence-electron chi connectivity index (χ3n) is 17.3. The second-order valence-corrected chi connectivity index (χ2v) is 25.5. The first-order chi connectivity index (χ1) is 53.8. The van der Waals surface area contributed by atoms with E-state index in [1.165, 1.54) is 54.4 Å². The Morgan fingerprint density at radius 3 is 1.29 bits per heavy atom. The van der Waals surface area contributed by atoms with E-state index in [1.54, 1.807) is 42.9 Å². The maximum Gasteiger partial charge on any atom is 0.271 e. The van der Waals surface area contributed by atoms with Crippen LogP contribution in [-0.4, -0.2) is 155 Å². The van der Waals surface area contributed by atoms with Gasteiger partial charge >= 0.3 is 0 Å². The predicted molar refractivity (Wildman–Crippen MR) is 413 cm³/mol. The molecule has 110 heavy (non-hydrogen) atoms. The number of pyridine rings is 1. The monoisotopic (exact) mass is 1490 g/mol. The minimum Gasteiger partial charge on any atom is -0.370 e. The Morgan fingerprint density at radius 1 is 0.400 bits per heavy atom. The van der Waals surface area contributed by atoms with Crippen LogP contribution in [0.25, 0.3) is 54.5 Å². The van der Waals surface area contributed by atoms with E-state index in [0.29, 0.717) is 108 Å². The number of benzene rings is 5. The number of carbonyl (C=O) groups excluding carboxylic acids is 3. The molecule has 10 aromatic heterocycles. The Balaban J connectivity index is 0.000000128. The molecule has 1 saturated carbocycles. The number of hydrogen-bond donors (Lipinski definition) is 16. The van der Waals surface area contributed by atoms with Crippen LogP contribution in [0, 0.1) is 0 Å². The number of aromatic amines is 11. The second kappa shape index (κ2) is 38.2. The minimum atomic E-state index is -0.159. The highest BCUT2D eigenvalue weighted by atomic mass is 16.6. The number of nitrogens with one attached hydrogen (secondary N) is 16. The fourth-order valence-electron chi connectivity index (χ4n) is 11.6. The van der Waals surface area contributed by atoms with Crippen molar-refractivity contribution in [3.63, 3.8) is 0 Å². The molecule has 1 aliphatic carbocycles. The molecular formula is C74H79N27O9. The topological polar surface area (TPSA) is 521 Å². The van der Waals surface area contributed by atoms with Crippen LogP contribution in [0.1, 0.15) is 97.2 Å². The van der Waals surface area contributed by atoms with E-state index in [9.17, 15) is 38.4 Å². The molecule has 1 aliphatic rings. The van der Waals surface area contributed by atoms with Crippen molar-refractivity contribution < 1.29 is 19.2 Å². The van der Waals surface area contributed by atoms with Gasteiger partial charge in [0, 0.05) is 75.6 Å². The zero-order valence-corrected chi connectivity index (χ0v) is 59.4. The molecule has 0 spiro atoms. The molecular weight excluding hydrogens is 1410 g/mol. The van der Waals surface area contributed by atoms with Crippen LogP contribution < -0.4 is 54.5 Å². The number of fused-ring (bicyclic) bond motifs is 5. The number of aryl methyl sites for hydroxylation is 3. The molecule has 0 bridgehead atoms. The highest BCUT2D eigenvalue weighted by Crippen LogP contribution is 2.39. The van der Waals surface area contributed by atoms with Gasteiger partial charge in [0.05, 0.1) is 98.3 Å². The molecule has 36 nitrogen and oxygen atoms in total. The van der Waals surface area contributed by atoms with Crippen molar-refractivity contribution in [3.8, 4) is 0 Å². The summed E-state index contributed by atoms with van der Waals surface area (Å²) < 4.78 is 0. The molecule has 0 aliphatic heterocycles. The van der Waals surface area contributed by atoms with E-state index in [2.05, 4.69) is 138 Å². The fraction of sp³-hybridized carbons (Fsp3) is 0.257. The van der Waals surface area contributed by atoms with Crippen LogP contribution in [0.15, 0.2) is 183 Å². The molecule has 16 rings (SSSR count). The van der Waals surface area contributed by atoms with Gasteiger partial charge < -0.3 is 16.0 Å². The number of H-pyrrole nitrogens is 11. The number of ketones is 2. The molecule has 0 unspecified atom stereocenters. The quantitative estimate of drug-likeness (QED) is 0.0154. The van der Waals surface area contributed by atoms with Gasteiger partial charge in [-0.25, -0.2) is 25.4 Å². The van der Waals surface area contributed by atoms with Gasteiger partial charge in [0.2, 0.25) is 23.8 Å². The fourth-order valence-corrected chi connectivity index (χ4v) is 11.6. The summed E-state index contributed by atoms with van der Waals surface area (Å²) in [5, 5.41) is 71.5. The maximum atomic E-state index is 12.0. The summed E-state index contributed by atoms with van der Waals surface area (Å²) in [6.45, 7) is 2.41. The molecule has 16 N–H and O–H groups in total. The number of aromatic nitrogens is 22. The lowest BCUT2D eigenvalue weighted by molar-refractivity contribution is -0.119. The van der Waals surface area contributed by atoms with E-state index in [1.807, 2.05) is 91.0 Å². The molecule has 5 aromatic carbocycles. The number of Topliss-reactive ketones (excluding diaryl/α,β-unsaturated/α-hetero) is 2. The summed E-state index contributed by atoms with van der Waals surface area (Å²) in [5.74, 6) is 3.41. The lowest BCUT2D eigenvalue weighted by Crippen LogP contribution is -2.14. The van der Waals surface area contributed by atoms with Crippen molar-refractivity contribution >= 4 is 101 Å². The van der Waals surface area contributed by atoms with E-state index < -0.39 is 0 Å². The van der Waals surface area contributed by atoms with Crippen molar-refractivity contribution in [1.82, 2.24) is 112 Å². The van der Waals surface area contributed by atoms with Gasteiger partial charge in [0.15, 0.2) is 5.82 Å². The van der Waals surface area contributed by atoms with Gasteiger partial charge in [-0.1, -0.05) is 36.4 Å². The average molecular weight is 1490 g/mol. The molecule has 564 valence electrons. The number of anilines is 5. The highest BCUT2D eigenvalue weighted by Gasteiger charge is 2.25. The largest absolute Gasteiger partial charge is 0.370 e. The highest BCUT2D eigenvalue weighted by molar-refractivity contribution is 5.89. The first-order valence-electron chi connectivity index (χ1n) is 35.6. The van der Waals surface area contributed by atoms with Crippen LogP contribution in [0.5, 0.6) is 0 Å². The van der Waals surface area contributed by atoms with E-state index in [-0.39, 0.29) is 51.2 Å². The van der Waals surface area contributed by atoms with Crippen molar-refractivity contribution in [2.45, 2.75) is 95.8 Å². The molecule has 1 fully saturated rings. The third kappa shape index (κ3) is 22.4. The molecule has 10 heterocycles. The number of hydrogen-bond acceptors (Lipinski definition) is 24. The van der Waals surface area contributed by atoms with Gasteiger partial charge in [0.1, 0.15) is 17.4 Å². The number of carbonyl (C=O) groups is 3. The molecule has 0 radical (unpaired) electrons. The summed E-state index contributed by atoms with van der Waals surface area (Å²) in [7, 11) is 0. The van der Waals surface area contributed by atoms with E-state index in [4.69, 9.17) is 4.84 Å². The zero-order chi connectivity index (χ0) is 76.2. The van der Waals surface area contributed by atoms with Crippen molar-refractivity contribution in [2.24, 2.45) is 0 Å². The van der Waals surface area contributed by atoms with E-state index >= 15 is 0 Å². The minimum absolute atomic E-state index is 0.0720. The Morgan fingerprint density at radius 2 is 0.836 bits per heavy atom. The van der Waals surface area contributed by atoms with E-state index in [0.717, 1.165) is 95.5 Å². The second-order valence-electron chi connectivity index (χ2n) is 25.5. The smallest absolute Gasteiger partial charge is 0.271 e. The van der Waals surface area contributed by atoms with Crippen LogP contribution in [0.2, 0.25) is 0 Å². The van der Waals surface area contributed by atoms with Crippen molar-refractivity contribution in [3.05, 3.63) is 244 Å². The summed E-state index contributed by atoms with van der Waals surface area (Å²) in [6.07, 6.45) is 21.3. The molecule has 0 atom stereocenters. The number of amides is 1. The molecule has 36 heteroatoms. The normalized spacial score (nSPS) is 11.5. The number of rotatable bonds is 30. The summed E-state index contributed by atoms with van der Waals surface area (Å²) >= 11 is 0. The lowest BCUT2D eigenvalue weighted by atomic mass is 10.1. The van der Waals surface area contributed by atoms with Crippen molar-refractivity contribution in [1.29, 1.82) is 0 Å². The van der Waals surface area contributed by atoms with Gasteiger partial charge in [-0.05, 0) is 158 Å². The Kier molecular flexibility index (Phi) is 26.2. The Hall–Kier alpha value is -14.2. The summed E-state index contributed by atoms with van der Waals surface area (Å²) in [6, 6.07) is 35.6. The Labute approximate surface area is 622 Å². The van der Waals surface area contributed by atoms with Gasteiger partial charge in [-0.15, -0.1) is 15.3 Å². The summed E-state index contributed by atoms with van der Waals surface area (Å²) in [5.41, 5.74) is 12.6. The van der Waals surface area contributed by atoms with Crippen LogP contribution in [0.3, 0.4) is 0 Å². The lowest BCUT2D eigenvalue weighted by Gasteiger charge is -2.05. The third-order valence-corrected chi connectivity index (χ3v) is 17.3.